The summed E-state index contributed by atoms with van der Waals surface area (Å²) in [7, 11) is 0. The molecule has 0 heterocycles. The van der Waals surface area contributed by atoms with Crippen molar-refractivity contribution in [3.8, 4) is 0 Å². The van der Waals surface area contributed by atoms with E-state index < -0.39 is 30.9 Å². The van der Waals surface area contributed by atoms with E-state index in [9.17, 15) is 24.9 Å². The number of carbonyl (C=O) groups excluding carboxylic acids is 2. The van der Waals surface area contributed by atoms with E-state index in [1.165, 1.54) is 77.0 Å². The third-order valence-corrected chi connectivity index (χ3v) is 7.57. The van der Waals surface area contributed by atoms with Crippen LogP contribution in [0.2, 0.25) is 0 Å². The number of esters is 2. The molecule has 0 radical (unpaired) electrons. The first-order valence-electron chi connectivity index (χ1n) is 17.9. The van der Waals surface area contributed by atoms with Gasteiger partial charge in [-0.15, -0.1) is 0 Å². The molecular formula is C38H66O7. The van der Waals surface area contributed by atoms with Crippen LogP contribution < -0.4 is 0 Å². The van der Waals surface area contributed by atoms with Crippen LogP contribution in [0.1, 0.15) is 149 Å². The Bertz CT molecular complexity index is 802. The van der Waals surface area contributed by atoms with Gasteiger partial charge in [-0.3, -0.25) is 9.59 Å². The summed E-state index contributed by atoms with van der Waals surface area (Å²) in [4.78, 5) is 24.2. The summed E-state index contributed by atoms with van der Waals surface area (Å²) in [6.07, 6.45) is 33.7. The molecule has 0 aliphatic rings. The average Bonchev–Trinajstić information content (AvgIpc) is 3.03. The summed E-state index contributed by atoms with van der Waals surface area (Å²) >= 11 is 0. The van der Waals surface area contributed by atoms with Crippen molar-refractivity contribution in [2.75, 3.05) is 13.2 Å². The predicted molar refractivity (Wildman–Crippen MR) is 185 cm³/mol. The second kappa shape index (κ2) is 33.2. The van der Waals surface area contributed by atoms with Crippen LogP contribution in [-0.2, 0) is 19.1 Å². The Morgan fingerprint density at radius 3 is 1.76 bits per heavy atom. The normalized spacial score (nSPS) is 14.2. The third-order valence-electron chi connectivity index (χ3n) is 7.57. The van der Waals surface area contributed by atoms with Crippen molar-refractivity contribution in [2.45, 2.75) is 167 Å². The van der Waals surface area contributed by atoms with E-state index in [0.717, 1.165) is 25.7 Å². The number of carbonyl (C=O) groups is 2. The minimum absolute atomic E-state index is 0.124. The molecule has 0 bridgehead atoms. The summed E-state index contributed by atoms with van der Waals surface area (Å²) < 4.78 is 10.4. The van der Waals surface area contributed by atoms with E-state index in [1.807, 2.05) is 6.08 Å². The Labute approximate surface area is 274 Å². The van der Waals surface area contributed by atoms with Crippen LogP contribution in [0.3, 0.4) is 0 Å². The Hall–Kier alpha value is -2.22. The van der Waals surface area contributed by atoms with Gasteiger partial charge in [0, 0.05) is 12.8 Å². The maximum Gasteiger partial charge on any atom is 0.306 e. The molecule has 0 aromatic rings. The number of hydrogen-bond donors (Lipinski definition) is 3. The van der Waals surface area contributed by atoms with Gasteiger partial charge >= 0.3 is 11.9 Å². The van der Waals surface area contributed by atoms with Gasteiger partial charge in [-0.05, 0) is 38.5 Å². The molecule has 0 aromatic carbocycles. The third kappa shape index (κ3) is 31.5. The summed E-state index contributed by atoms with van der Waals surface area (Å²) in [6, 6.07) is 0. The maximum absolute atomic E-state index is 12.1. The van der Waals surface area contributed by atoms with Crippen LogP contribution in [0.5, 0.6) is 0 Å². The summed E-state index contributed by atoms with van der Waals surface area (Å²) in [5, 5.41) is 29.6. The lowest BCUT2D eigenvalue weighted by molar-refractivity contribution is -0.161. The molecule has 45 heavy (non-hydrogen) atoms. The van der Waals surface area contributed by atoms with Gasteiger partial charge in [0.05, 0.1) is 18.8 Å². The van der Waals surface area contributed by atoms with E-state index in [1.54, 1.807) is 36.5 Å². The SMILES string of the molecule is CCCCC/C=C\C[C@@H](O)/C=C/C=C/C=C\[C@@H](O)CCCC(=O)OC[C@H](CO)OC(=O)CCCCCCCCCCCCCC. The lowest BCUT2D eigenvalue weighted by Gasteiger charge is -2.16. The van der Waals surface area contributed by atoms with Crippen molar-refractivity contribution >= 4 is 11.9 Å². The van der Waals surface area contributed by atoms with E-state index in [2.05, 4.69) is 19.9 Å². The highest BCUT2D eigenvalue weighted by Crippen LogP contribution is 2.13. The first kappa shape index (κ1) is 42.8. The molecular weight excluding hydrogens is 568 g/mol. The Morgan fingerprint density at radius 1 is 0.622 bits per heavy atom. The highest BCUT2D eigenvalue weighted by atomic mass is 16.6. The number of unbranched alkanes of at least 4 members (excludes halogenated alkanes) is 14. The zero-order valence-electron chi connectivity index (χ0n) is 28.6. The van der Waals surface area contributed by atoms with Crippen LogP contribution in [-0.4, -0.2) is 58.8 Å². The van der Waals surface area contributed by atoms with Crippen LogP contribution in [0.15, 0.2) is 48.6 Å². The minimum atomic E-state index is -0.860. The van der Waals surface area contributed by atoms with Crippen LogP contribution >= 0.6 is 0 Å². The molecule has 7 nitrogen and oxygen atoms in total. The van der Waals surface area contributed by atoms with Crippen LogP contribution in [0, 0.1) is 0 Å². The van der Waals surface area contributed by atoms with Crippen molar-refractivity contribution in [2.24, 2.45) is 0 Å². The molecule has 7 heteroatoms. The van der Waals surface area contributed by atoms with Crippen molar-refractivity contribution in [1.82, 2.24) is 0 Å². The first-order valence-corrected chi connectivity index (χ1v) is 17.9. The molecule has 0 fully saturated rings. The largest absolute Gasteiger partial charge is 0.462 e. The van der Waals surface area contributed by atoms with Crippen LogP contribution in [0.25, 0.3) is 0 Å². The topological polar surface area (TPSA) is 113 Å². The number of aliphatic hydroxyl groups is 3. The van der Waals surface area contributed by atoms with E-state index in [4.69, 9.17) is 9.47 Å². The minimum Gasteiger partial charge on any atom is -0.462 e. The highest BCUT2D eigenvalue weighted by Gasteiger charge is 2.16. The van der Waals surface area contributed by atoms with Gasteiger partial charge in [0.15, 0.2) is 6.10 Å². The quantitative estimate of drug-likeness (QED) is 0.0303. The van der Waals surface area contributed by atoms with Crippen LogP contribution in [0.4, 0.5) is 0 Å². The van der Waals surface area contributed by atoms with Gasteiger partial charge in [-0.25, -0.2) is 0 Å². The molecule has 0 spiro atoms. The molecule has 0 aliphatic carbocycles. The zero-order chi connectivity index (χ0) is 33.2. The van der Waals surface area contributed by atoms with Gasteiger partial charge in [0.25, 0.3) is 0 Å². The lowest BCUT2D eigenvalue weighted by Crippen LogP contribution is -2.28. The lowest BCUT2D eigenvalue weighted by atomic mass is 10.0. The van der Waals surface area contributed by atoms with Crippen molar-refractivity contribution in [1.29, 1.82) is 0 Å². The Balaban J connectivity index is 3.89. The van der Waals surface area contributed by atoms with E-state index >= 15 is 0 Å². The fourth-order valence-corrected chi connectivity index (χ4v) is 4.75. The summed E-state index contributed by atoms with van der Waals surface area (Å²) in [5.41, 5.74) is 0. The summed E-state index contributed by atoms with van der Waals surface area (Å²) in [5.74, 6) is -0.834. The first-order chi connectivity index (χ1) is 21.9. The molecule has 0 saturated heterocycles. The zero-order valence-corrected chi connectivity index (χ0v) is 28.6. The summed E-state index contributed by atoms with van der Waals surface area (Å²) in [6.45, 7) is 3.84. The smallest absolute Gasteiger partial charge is 0.306 e. The van der Waals surface area contributed by atoms with Crippen molar-refractivity contribution < 1.29 is 34.4 Å². The molecule has 0 unspecified atom stereocenters. The standard InChI is InChI=1S/C38H66O7/c1-3-5-7-9-11-12-13-14-15-16-18-24-30-38(43)45-36(32-39)33-44-37(42)31-25-29-35(41)28-23-20-19-22-27-34(40)26-21-17-10-8-6-4-2/h17,19-23,27-28,34-36,39-41H,3-16,18,24-26,29-33H2,1-2H3/b20-19+,21-17-,27-22+,28-23-/t34-,35-,36+/m1/s1. The second-order valence-electron chi connectivity index (χ2n) is 12.0. The molecule has 3 N–H and O–H groups in total. The van der Waals surface area contributed by atoms with Crippen molar-refractivity contribution in [3.05, 3.63) is 48.6 Å². The van der Waals surface area contributed by atoms with E-state index in [-0.39, 0.29) is 19.0 Å². The Morgan fingerprint density at radius 2 is 1.16 bits per heavy atom. The van der Waals surface area contributed by atoms with Crippen molar-refractivity contribution in [3.63, 3.8) is 0 Å². The fourth-order valence-electron chi connectivity index (χ4n) is 4.75. The van der Waals surface area contributed by atoms with Gasteiger partial charge in [0.1, 0.15) is 6.61 Å². The highest BCUT2D eigenvalue weighted by molar-refractivity contribution is 5.70. The number of hydrogen-bond acceptors (Lipinski definition) is 7. The molecule has 0 saturated carbocycles. The van der Waals surface area contributed by atoms with Gasteiger partial charge < -0.3 is 24.8 Å². The van der Waals surface area contributed by atoms with Gasteiger partial charge in [-0.2, -0.15) is 0 Å². The number of allylic oxidation sites excluding steroid dienone is 5. The number of rotatable bonds is 31. The predicted octanol–water partition coefficient (Wildman–Crippen LogP) is 8.61. The average molecular weight is 635 g/mol. The second-order valence-corrected chi connectivity index (χ2v) is 12.0. The Kier molecular flexibility index (Phi) is 31.5. The number of ether oxygens (including phenoxy) is 2. The molecule has 0 rings (SSSR count). The fraction of sp³-hybridized carbons (Fsp3) is 0.737. The van der Waals surface area contributed by atoms with E-state index in [0.29, 0.717) is 25.7 Å². The molecule has 260 valence electrons. The molecule has 0 amide bonds. The maximum atomic E-state index is 12.1. The van der Waals surface area contributed by atoms with Gasteiger partial charge in [-0.1, -0.05) is 146 Å². The molecule has 0 aromatic heterocycles. The molecule has 3 atom stereocenters. The van der Waals surface area contributed by atoms with Gasteiger partial charge in [0.2, 0.25) is 0 Å². The molecule has 0 aliphatic heterocycles. The monoisotopic (exact) mass is 634 g/mol. The number of aliphatic hydroxyl groups excluding tert-OH is 3.